The van der Waals surface area contributed by atoms with Crippen molar-refractivity contribution in [3.63, 3.8) is 0 Å². The van der Waals surface area contributed by atoms with Gasteiger partial charge in [-0.1, -0.05) is 269 Å². The summed E-state index contributed by atoms with van der Waals surface area (Å²) in [5.74, 6) is -0.641. The lowest BCUT2D eigenvalue weighted by Gasteiger charge is -2.06. The molecule has 0 heterocycles. The quantitative estimate of drug-likeness (QED) is 0.0377. The Labute approximate surface area is 369 Å². The number of ether oxygens (including phenoxy) is 1. The molecule has 4 heteroatoms. The summed E-state index contributed by atoms with van der Waals surface area (Å²) in [6.07, 6.45) is 69.9. The first-order valence-electron chi connectivity index (χ1n) is 26.8. The summed E-state index contributed by atoms with van der Waals surface area (Å²) in [5.41, 5.74) is 0. The summed E-state index contributed by atoms with van der Waals surface area (Å²) in [7, 11) is 0. The second-order valence-corrected chi connectivity index (χ2v) is 18.4. The highest BCUT2D eigenvalue weighted by molar-refractivity contribution is 5.69. The second-order valence-electron chi connectivity index (χ2n) is 18.4. The lowest BCUT2D eigenvalue weighted by atomic mass is 10.0. The molecule has 0 aliphatic rings. The molecule has 0 radical (unpaired) electrons. The summed E-state index contributed by atoms with van der Waals surface area (Å²) >= 11 is 0. The van der Waals surface area contributed by atoms with E-state index in [9.17, 15) is 9.59 Å². The number of aliphatic carboxylic acids is 1. The Bertz CT molecular complexity index is 878. The fourth-order valence-corrected chi connectivity index (χ4v) is 8.37. The minimum absolute atomic E-state index is 0.00979. The Morgan fingerprint density at radius 2 is 0.610 bits per heavy atom. The molecule has 0 aliphatic carbocycles. The van der Waals surface area contributed by atoms with Crippen LogP contribution in [0.5, 0.6) is 0 Å². The molecule has 0 spiro atoms. The van der Waals surface area contributed by atoms with Crippen LogP contribution in [0, 0.1) is 0 Å². The van der Waals surface area contributed by atoms with Crippen LogP contribution in [0.4, 0.5) is 0 Å². The Kier molecular flexibility index (Phi) is 51.2. The van der Waals surface area contributed by atoms with Gasteiger partial charge >= 0.3 is 11.9 Å². The fraction of sp³-hybridized carbons (Fsp3) is 0.891. The van der Waals surface area contributed by atoms with Crippen molar-refractivity contribution in [1.82, 2.24) is 0 Å². The van der Waals surface area contributed by atoms with Crippen molar-refractivity contribution in [2.45, 2.75) is 309 Å². The van der Waals surface area contributed by atoms with Crippen LogP contribution in [-0.4, -0.2) is 23.7 Å². The van der Waals surface area contributed by atoms with E-state index in [2.05, 4.69) is 31.2 Å². The first-order chi connectivity index (χ1) is 29.2. The third-order valence-electron chi connectivity index (χ3n) is 12.4. The van der Waals surface area contributed by atoms with E-state index in [-0.39, 0.29) is 5.97 Å². The summed E-state index contributed by atoms with van der Waals surface area (Å²) < 4.78 is 5.47. The molecule has 0 rings (SSSR count). The first kappa shape index (κ1) is 57.4. The van der Waals surface area contributed by atoms with Crippen LogP contribution in [0.1, 0.15) is 309 Å². The number of carbonyl (C=O) groups is 2. The molecule has 4 nitrogen and oxygen atoms in total. The SMILES string of the molecule is CCCCC/C=C\C/C=C\CCCCCCCC(=O)OCCCCCCCCCCCCCCCCCCCCCCCCCCCCCCCCCCCCC(=O)O. The molecule has 0 aromatic rings. The molecular weight excluding hydrogens is 725 g/mol. The molecule has 0 atom stereocenters. The number of hydrogen-bond donors (Lipinski definition) is 1. The molecule has 348 valence electrons. The van der Waals surface area contributed by atoms with Gasteiger partial charge in [0, 0.05) is 12.8 Å². The van der Waals surface area contributed by atoms with Gasteiger partial charge in [0.15, 0.2) is 0 Å². The zero-order chi connectivity index (χ0) is 42.6. The number of hydrogen-bond acceptors (Lipinski definition) is 3. The summed E-state index contributed by atoms with van der Waals surface area (Å²) in [6.45, 7) is 2.87. The van der Waals surface area contributed by atoms with Crippen molar-refractivity contribution in [2.24, 2.45) is 0 Å². The van der Waals surface area contributed by atoms with Crippen molar-refractivity contribution >= 4 is 11.9 Å². The van der Waals surface area contributed by atoms with Crippen LogP contribution < -0.4 is 0 Å². The van der Waals surface area contributed by atoms with Crippen molar-refractivity contribution in [3.8, 4) is 0 Å². The molecule has 0 unspecified atom stereocenters. The van der Waals surface area contributed by atoms with Gasteiger partial charge in [-0.3, -0.25) is 9.59 Å². The fourth-order valence-electron chi connectivity index (χ4n) is 8.37. The zero-order valence-electron chi connectivity index (χ0n) is 39.9. The predicted octanol–water partition coefficient (Wildman–Crippen LogP) is 19.1. The molecule has 0 saturated carbocycles. The Morgan fingerprint density at radius 3 is 0.932 bits per heavy atom. The van der Waals surface area contributed by atoms with Crippen molar-refractivity contribution in [3.05, 3.63) is 24.3 Å². The van der Waals surface area contributed by atoms with Crippen LogP contribution in [0.25, 0.3) is 0 Å². The van der Waals surface area contributed by atoms with Crippen LogP contribution in [0.3, 0.4) is 0 Å². The highest BCUT2D eigenvalue weighted by atomic mass is 16.5. The summed E-state index contributed by atoms with van der Waals surface area (Å²) in [5, 5.41) is 8.67. The number of esters is 1. The standard InChI is InChI=1S/C55H104O4/c1-2-3-4-5-6-7-8-9-30-34-37-40-43-46-49-52-55(58)59-53-50-47-44-41-38-35-32-29-27-25-23-21-19-17-15-13-11-10-12-14-16-18-20-22-24-26-28-31-33-36-39-42-45-48-51-54(56)57/h6-7,9,30H,2-5,8,10-29,31-53H2,1H3,(H,56,57)/b7-6-,30-9-. The number of rotatable bonds is 51. The van der Waals surface area contributed by atoms with E-state index >= 15 is 0 Å². The predicted molar refractivity (Wildman–Crippen MR) is 260 cm³/mol. The van der Waals surface area contributed by atoms with Crippen LogP contribution in [0.2, 0.25) is 0 Å². The van der Waals surface area contributed by atoms with Gasteiger partial charge in [0.05, 0.1) is 6.61 Å². The average molecular weight is 829 g/mol. The van der Waals surface area contributed by atoms with Crippen LogP contribution in [-0.2, 0) is 14.3 Å². The van der Waals surface area contributed by atoms with E-state index in [0.29, 0.717) is 19.4 Å². The van der Waals surface area contributed by atoms with E-state index in [0.717, 1.165) is 38.5 Å². The van der Waals surface area contributed by atoms with Crippen molar-refractivity contribution in [2.75, 3.05) is 6.61 Å². The topological polar surface area (TPSA) is 63.6 Å². The molecule has 59 heavy (non-hydrogen) atoms. The van der Waals surface area contributed by atoms with Gasteiger partial charge < -0.3 is 9.84 Å². The number of unbranched alkanes of at least 4 members (excludes halogenated alkanes) is 41. The molecule has 0 aromatic heterocycles. The lowest BCUT2D eigenvalue weighted by molar-refractivity contribution is -0.144. The van der Waals surface area contributed by atoms with Gasteiger partial charge in [-0.05, 0) is 51.4 Å². The monoisotopic (exact) mass is 829 g/mol. The number of carboxylic acids is 1. The van der Waals surface area contributed by atoms with Gasteiger partial charge in [0.1, 0.15) is 0 Å². The Morgan fingerprint density at radius 1 is 0.339 bits per heavy atom. The molecule has 0 fully saturated rings. The smallest absolute Gasteiger partial charge is 0.305 e. The zero-order valence-corrected chi connectivity index (χ0v) is 39.9. The van der Waals surface area contributed by atoms with Gasteiger partial charge in [0.2, 0.25) is 0 Å². The molecule has 0 amide bonds. The maximum atomic E-state index is 12.0. The van der Waals surface area contributed by atoms with E-state index < -0.39 is 5.97 Å². The lowest BCUT2D eigenvalue weighted by Crippen LogP contribution is -2.05. The average Bonchev–Trinajstić information content (AvgIpc) is 3.23. The highest BCUT2D eigenvalue weighted by Gasteiger charge is 2.03. The van der Waals surface area contributed by atoms with Crippen molar-refractivity contribution in [1.29, 1.82) is 0 Å². The number of carboxylic acid groups (broad SMARTS) is 1. The minimum atomic E-state index is -0.651. The third kappa shape index (κ3) is 54.4. The summed E-state index contributed by atoms with van der Waals surface area (Å²) in [6, 6.07) is 0. The van der Waals surface area contributed by atoms with Gasteiger partial charge in [0.25, 0.3) is 0 Å². The molecule has 0 bridgehead atoms. The second kappa shape index (κ2) is 52.6. The Balaban J connectivity index is 3.16. The van der Waals surface area contributed by atoms with Gasteiger partial charge in [-0.2, -0.15) is 0 Å². The minimum Gasteiger partial charge on any atom is -0.481 e. The molecule has 0 aliphatic heterocycles. The van der Waals surface area contributed by atoms with Gasteiger partial charge in [-0.25, -0.2) is 0 Å². The molecule has 1 N–H and O–H groups in total. The van der Waals surface area contributed by atoms with E-state index in [1.807, 2.05) is 0 Å². The first-order valence-corrected chi connectivity index (χ1v) is 26.8. The van der Waals surface area contributed by atoms with E-state index in [4.69, 9.17) is 9.84 Å². The maximum Gasteiger partial charge on any atom is 0.305 e. The third-order valence-corrected chi connectivity index (χ3v) is 12.4. The maximum absolute atomic E-state index is 12.0. The van der Waals surface area contributed by atoms with Crippen molar-refractivity contribution < 1.29 is 19.4 Å². The number of allylic oxidation sites excluding steroid dienone is 4. The molecule has 0 aromatic carbocycles. The summed E-state index contributed by atoms with van der Waals surface area (Å²) in [4.78, 5) is 22.5. The molecule has 0 saturated heterocycles. The van der Waals surface area contributed by atoms with E-state index in [1.54, 1.807) is 0 Å². The molecular formula is C55H104O4. The highest BCUT2D eigenvalue weighted by Crippen LogP contribution is 2.18. The normalized spacial score (nSPS) is 11.7. The van der Waals surface area contributed by atoms with Crippen LogP contribution >= 0.6 is 0 Å². The van der Waals surface area contributed by atoms with Crippen LogP contribution in [0.15, 0.2) is 24.3 Å². The number of carbonyl (C=O) groups excluding carboxylic acids is 1. The Hall–Kier alpha value is -1.58. The van der Waals surface area contributed by atoms with E-state index in [1.165, 1.54) is 250 Å². The largest absolute Gasteiger partial charge is 0.481 e. The van der Waals surface area contributed by atoms with Gasteiger partial charge in [-0.15, -0.1) is 0 Å².